The zero-order chi connectivity index (χ0) is 7.45. The molecule has 0 amide bonds. The molecular formula is C9H17I. The van der Waals surface area contributed by atoms with Crippen LogP contribution < -0.4 is 0 Å². The largest absolute Gasteiger partial charge is 0.0858 e. The van der Waals surface area contributed by atoms with Gasteiger partial charge in [-0.3, -0.25) is 0 Å². The summed E-state index contributed by atoms with van der Waals surface area (Å²) in [6, 6.07) is 0. The Kier molecular flexibility index (Phi) is 3.47. The van der Waals surface area contributed by atoms with Gasteiger partial charge in [-0.15, -0.1) is 0 Å². The summed E-state index contributed by atoms with van der Waals surface area (Å²) in [6.45, 7) is 2.35. The first-order valence-corrected chi connectivity index (χ1v) is 5.91. The molecule has 0 nitrogen and oxygen atoms in total. The summed E-state index contributed by atoms with van der Waals surface area (Å²) in [4.78, 5) is 0. The van der Waals surface area contributed by atoms with Gasteiger partial charge in [0.1, 0.15) is 0 Å². The van der Waals surface area contributed by atoms with E-state index < -0.39 is 0 Å². The normalized spacial score (nSPS) is 24.6. The molecule has 1 rings (SSSR count). The number of rotatable bonds is 2. The first-order chi connectivity index (χ1) is 4.83. The molecule has 0 aliphatic heterocycles. The van der Waals surface area contributed by atoms with Gasteiger partial charge in [-0.25, -0.2) is 0 Å². The third kappa shape index (κ3) is 1.86. The molecule has 0 radical (unpaired) electrons. The van der Waals surface area contributed by atoms with Crippen LogP contribution in [0.3, 0.4) is 0 Å². The van der Waals surface area contributed by atoms with Crippen LogP contribution in [0.5, 0.6) is 0 Å². The Morgan fingerprint density at radius 2 is 1.80 bits per heavy atom. The monoisotopic (exact) mass is 252 g/mol. The maximum absolute atomic E-state index is 2.56. The van der Waals surface area contributed by atoms with Crippen LogP contribution in [0.2, 0.25) is 0 Å². The van der Waals surface area contributed by atoms with E-state index in [-0.39, 0.29) is 0 Å². The van der Waals surface area contributed by atoms with Crippen LogP contribution in [0.15, 0.2) is 0 Å². The highest BCUT2D eigenvalue weighted by Crippen LogP contribution is 2.40. The van der Waals surface area contributed by atoms with Crippen LogP contribution in [-0.4, -0.2) is 4.43 Å². The second kappa shape index (κ2) is 3.93. The maximum atomic E-state index is 2.56. The minimum atomic E-state index is 0.749. The van der Waals surface area contributed by atoms with Crippen molar-refractivity contribution in [2.75, 3.05) is 4.43 Å². The molecule has 0 bridgehead atoms. The second-order valence-electron chi connectivity index (χ2n) is 3.55. The van der Waals surface area contributed by atoms with Crippen molar-refractivity contribution in [1.29, 1.82) is 0 Å². The summed E-state index contributed by atoms with van der Waals surface area (Å²) >= 11 is 2.56. The van der Waals surface area contributed by atoms with Crippen molar-refractivity contribution in [3.8, 4) is 0 Å². The van der Waals surface area contributed by atoms with E-state index in [1.165, 1.54) is 43.0 Å². The van der Waals surface area contributed by atoms with E-state index in [4.69, 9.17) is 0 Å². The number of hydrogen-bond donors (Lipinski definition) is 0. The van der Waals surface area contributed by atoms with E-state index in [1.54, 1.807) is 0 Å². The van der Waals surface area contributed by atoms with Gasteiger partial charge in [-0.2, -0.15) is 0 Å². The Bertz CT molecular complexity index is 86.9. The van der Waals surface area contributed by atoms with Gasteiger partial charge >= 0.3 is 0 Å². The smallest absolute Gasteiger partial charge is 0.00519 e. The molecule has 0 spiro atoms. The van der Waals surface area contributed by atoms with Gasteiger partial charge in [-0.05, 0) is 24.7 Å². The fourth-order valence-electron chi connectivity index (χ4n) is 1.88. The molecule has 1 aliphatic carbocycles. The summed E-state index contributed by atoms with van der Waals surface area (Å²) in [5.74, 6) is 0. The van der Waals surface area contributed by atoms with Gasteiger partial charge in [0.05, 0.1) is 0 Å². The van der Waals surface area contributed by atoms with Crippen molar-refractivity contribution in [3.05, 3.63) is 0 Å². The number of halogens is 1. The highest BCUT2D eigenvalue weighted by atomic mass is 127. The molecule has 0 aromatic carbocycles. The molecule has 1 heteroatoms. The van der Waals surface area contributed by atoms with Crippen LogP contribution in [0.1, 0.15) is 45.4 Å². The summed E-state index contributed by atoms with van der Waals surface area (Å²) in [5.41, 5.74) is 0.749. The third-order valence-corrected chi connectivity index (χ3v) is 4.57. The summed E-state index contributed by atoms with van der Waals surface area (Å²) in [7, 11) is 0. The van der Waals surface area contributed by atoms with Crippen molar-refractivity contribution in [3.63, 3.8) is 0 Å². The Morgan fingerprint density at radius 1 is 1.20 bits per heavy atom. The molecule has 10 heavy (non-hydrogen) atoms. The van der Waals surface area contributed by atoms with E-state index in [0.29, 0.717) is 0 Å². The van der Waals surface area contributed by atoms with Crippen LogP contribution in [-0.2, 0) is 0 Å². The molecule has 0 atom stereocenters. The van der Waals surface area contributed by atoms with Gasteiger partial charge in [0.15, 0.2) is 0 Å². The summed E-state index contributed by atoms with van der Waals surface area (Å²) in [5, 5.41) is 0. The van der Waals surface area contributed by atoms with E-state index in [1.807, 2.05) is 0 Å². The molecule has 0 aromatic heterocycles. The lowest BCUT2D eigenvalue weighted by atomic mass is 9.74. The molecule has 0 aromatic rings. The minimum absolute atomic E-state index is 0.749. The summed E-state index contributed by atoms with van der Waals surface area (Å²) < 4.78 is 1.38. The fraction of sp³-hybridized carbons (Fsp3) is 1.00. The molecular weight excluding hydrogens is 235 g/mol. The lowest BCUT2D eigenvalue weighted by molar-refractivity contribution is 0.219. The Labute approximate surface area is 77.9 Å². The molecule has 0 saturated heterocycles. The molecule has 0 N–H and O–H groups in total. The Morgan fingerprint density at radius 3 is 2.10 bits per heavy atom. The van der Waals surface area contributed by atoms with Crippen LogP contribution >= 0.6 is 22.6 Å². The maximum Gasteiger partial charge on any atom is 0.00519 e. The van der Waals surface area contributed by atoms with Crippen molar-refractivity contribution in [1.82, 2.24) is 0 Å². The fourth-order valence-corrected chi connectivity index (χ4v) is 3.19. The van der Waals surface area contributed by atoms with Crippen molar-refractivity contribution in [2.45, 2.75) is 45.4 Å². The highest BCUT2D eigenvalue weighted by molar-refractivity contribution is 14.1. The van der Waals surface area contributed by atoms with Gasteiger partial charge in [-0.1, -0.05) is 48.8 Å². The second-order valence-corrected chi connectivity index (χ2v) is 4.31. The third-order valence-electron chi connectivity index (χ3n) is 2.95. The molecule has 1 aliphatic rings. The van der Waals surface area contributed by atoms with Crippen molar-refractivity contribution < 1.29 is 0 Å². The predicted octanol–water partition coefficient (Wildman–Crippen LogP) is 3.78. The topological polar surface area (TPSA) is 0 Å². The molecule has 0 unspecified atom stereocenters. The van der Waals surface area contributed by atoms with Crippen LogP contribution in [0.4, 0.5) is 0 Å². The van der Waals surface area contributed by atoms with E-state index in [0.717, 1.165) is 5.41 Å². The molecule has 1 fully saturated rings. The average molecular weight is 252 g/mol. The summed E-state index contributed by atoms with van der Waals surface area (Å²) in [6.07, 6.45) is 8.83. The molecule has 1 saturated carbocycles. The van der Waals surface area contributed by atoms with Crippen molar-refractivity contribution in [2.24, 2.45) is 5.41 Å². The van der Waals surface area contributed by atoms with Gasteiger partial charge < -0.3 is 0 Å². The van der Waals surface area contributed by atoms with Gasteiger partial charge in [0, 0.05) is 4.43 Å². The van der Waals surface area contributed by atoms with Gasteiger partial charge in [0.25, 0.3) is 0 Å². The van der Waals surface area contributed by atoms with E-state index in [2.05, 4.69) is 29.5 Å². The predicted molar refractivity (Wildman–Crippen MR) is 54.7 cm³/mol. The number of alkyl halides is 1. The number of hydrogen-bond acceptors (Lipinski definition) is 0. The average Bonchev–Trinajstić information content (AvgIpc) is 2.06. The zero-order valence-electron chi connectivity index (χ0n) is 6.83. The Balaban J connectivity index is 2.44. The zero-order valence-corrected chi connectivity index (χ0v) is 8.99. The molecule has 60 valence electrons. The first-order valence-electron chi connectivity index (χ1n) is 4.39. The lowest BCUT2D eigenvalue weighted by Gasteiger charge is -2.34. The van der Waals surface area contributed by atoms with E-state index >= 15 is 0 Å². The highest BCUT2D eigenvalue weighted by Gasteiger charge is 2.28. The Hall–Kier alpha value is 0.730. The minimum Gasteiger partial charge on any atom is -0.0858 e. The SMILES string of the molecule is CCC1(CI)CCCCC1. The van der Waals surface area contributed by atoms with Crippen LogP contribution in [0, 0.1) is 5.41 Å². The van der Waals surface area contributed by atoms with Crippen molar-refractivity contribution >= 4 is 22.6 Å². The first kappa shape index (κ1) is 8.82. The lowest BCUT2D eigenvalue weighted by Crippen LogP contribution is -2.24. The van der Waals surface area contributed by atoms with E-state index in [9.17, 15) is 0 Å². The van der Waals surface area contributed by atoms with Gasteiger partial charge in [0.2, 0.25) is 0 Å². The quantitative estimate of drug-likeness (QED) is 0.518. The standard InChI is InChI=1S/C9H17I/c1-2-9(8-10)6-4-3-5-7-9/h2-8H2,1H3. The van der Waals surface area contributed by atoms with Crippen LogP contribution in [0.25, 0.3) is 0 Å². The molecule has 0 heterocycles.